The summed E-state index contributed by atoms with van der Waals surface area (Å²) in [5.41, 5.74) is 2.96. The van der Waals surface area contributed by atoms with Gasteiger partial charge in [0.2, 0.25) is 5.91 Å². The van der Waals surface area contributed by atoms with Crippen LogP contribution in [-0.2, 0) is 11.4 Å². The fraction of sp³-hybridized carbons (Fsp3) is 0.200. The second-order valence-electron chi connectivity index (χ2n) is 8.61. The quantitative estimate of drug-likeness (QED) is 0.217. The first-order valence-electron chi connectivity index (χ1n) is 13.9. The van der Waals surface area contributed by atoms with Crippen LogP contribution in [0.25, 0.3) is 10.9 Å². The third-order valence-corrected chi connectivity index (χ3v) is 5.89. The van der Waals surface area contributed by atoms with E-state index in [-0.39, 0.29) is 18.7 Å². The molecule has 0 atom stereocenters. The number of carbonyl (C=O) groups is 1. The number of rotatable bonds is 11. The summed E-state index contributed by atoms with van der Waals surface area (Å²) in [5.74, 6) is 0.380. The van der Waals surface area contributed by atoms with Crippen molar-refractivity contribution in [2.24, 2.45) is 0 Å². The molecular weight excluding hydrogens is 528 g/mol. The third-order valence-electron chi connectivity index (χ3n) is 5.60. The fourth-order valence-electron chi connectivity index (χ4n) is 3.78. The van der Waals surface area contributed by atoms with E-state index in [2.05, 4.69) is 26.7 Å². The second kappa shape index (κ2) is 13.4. The van der Waals surface area contributed by atoms with E-state index in [0.717, 1.165) is 10.6 Å². The molecule has 4 rings (SSSR count). The van der Waals surface area contributed by atoms with Crippen LogP contribution in [-0.4, -0.2) is 48.0 Å². The summed E-state index contributed by atoms with van der Waals surface area (Å²) in [6.45, 7) is 0.185. The van der Waals surface area contributed by atoms with Crippen molar-refractivity contribution in [2.45, 2.75) is 13.5 Å². The van der Waals surface area contributed by atoms with Gasteiger partial charge in [0.05, 0.1) is 39.8 Å². The fourth-order valence-corrected chi connectivity index (χ4v) is 4.01. The normalized spacial score (nSPS) is 12.4. The van der Waals surface area contributed by atoms with E-state index < -0.39 is 12.9 Å². The molecule has 0 saturated carbocycles. The molecule has 204 valence electrons. The van der Waals surface area contributed by atoms with Gasteiger partial charge in [-0.15, -0.1) is 0 Å². The summed E-state index contributed by atoms with van der Waals surface area (Å²) in [5, 5.41) is 16.8. The lowest BCUT2D eigenvalue weighted by molar-refractivity contribution is -0.111. The highest BCUT2D eigenvalue weighted by atomic mass is 35.5. The SMILES string of the molecule is [2H]C([2H])([2H])N(C)C/C=C/C(=O)Nc1cc2c(Nc3ccc(OCc4ccccn4)c(Cl)c3)c(C#N)cnc2cc1OCC. The van der Waals surface area contributed by atoms with Gasteiger partial charge in [-0.1, -0.05) is 23.7 Å². The smallest absolute Gasteiger partial charge is 0.248 e. The lowest BCUT2D eigenvalue weighted by Gasteiger charge is -2.16. The van der Waals surface area contributed by atoms with Gasteiger partial charge in [-0.25, -0.2) is 0 Å². The van der Waals surface area contributed by atoms with Gasteiger partial charge >= 0.3 is 0 Å². The molecular formula is C30H29ClN6O3. The second-order valence-corrected chi connectivity index (χ2v) is 9.02. The Morgan fingerprint density at radius 1 is 1.20 bits per heavy atom. The van der Waals surface area contributed by atoms with Crippen LogP contribution < -0.4 is 20.1 Å². The number of amides is 1. The monoisotopic (exact) mass is 559 g/mol. The first-order valence-corrected chi connectivity index (χ1v) is 12.7. The summed E-state index contributed by atoms with van der Waals surface area (Å²) in [4.78, 5) is 22.5. The summed E-state index contributed by atoms with van der Waals surface area (Å²) in [6, 6.07) is 16.2. The number of nitriles is 1. The average Bonchev–Trinajstić information content (AvgIpc) is 2.97. The number of hydrogen-bond donors (Lipinski definition) is 2. The van der Waals surface area contributed by atoms with Crippen LogP contribution in [0.5, 0.6) is 11.5 Å². The highest BCUT2D eigenvalue weighted by Gasteiger charge is 2.16. The van der Waals surface area contributed by atoms with E-state index in [1.807, 2.05) is 25.1 Å². The highest BCUT2D eigenvalue weighted by molar-refractivity contribution is 6.32. The van der Waals surface area contributed by atoms with Crippen LogP contribution in [0.1, 0.15) is 22.3 Å². The molecule has 0 aliphatic rings. The van der Waals surface area contributed by atoms with Gasteiger partial charge < -0.3 is 25.0 Å². The van der Waals surface area contributed by atoms with Crippen molar-refractivity contribution in [1.82, 2.24) is 14.9 Å². The highest BCUT2D eigenvalue weighted by Crippen LogP contribution is 2.37. The predicted molar refractivity (Wildman–Crippen MR) is 157 cm³/mol. The molecule has 10 heteroatoms. The first-order chi connectivity index (χ1) is 20.6. The maximum absolute atomic E-state index is 12.7. The van der Waals surface area contributed by atoms with Gasteiger partial charge in [-0.2, -0.15) is 5.26 Å². The zero-order valence-electron chi connectivity index (χ0n) is 24.9. The molecule has 9 nitrogen and oxygen atoms in total. The van der Waals surface area contributed by atoms with E-state index >= 15 is 0 Å². The molecule has 2 N–H and O–H groups in total. The van der Waals surface area contributed by atoms with E-state index in [9.17, 15) is 10.1 Å². The summed E-state index contributed by atoms with van der Waals surface area (Å²) in [6.07, 6.45) is 5.85. The first kappa shape index (κ1) is 24.4. The van der Waals surface area contributed by atoms with Gasteiger partial charge in [0, 0.05) is 46.3 Å². The molecule has 4 aromatic rings. The lowest BCUT2D eigenvalue weighted by atomic mass is 10.1. The number of aromatic nitrogens is 2. The minimum absolute atomic E-state index is 0.0546. The number of nitrogens with zero attached hydrogens (tertiary/aromatic N) is 4. The van der Waals surface area contributed by atoms with Gasteiger partial charge in [0.15, 0.2) is 0 Å². The minimum atomic E-state index is -2.27. The molecule has 0 aliphatic heterocycles. The zero-order chi connectivity index (χ0) is 31.0. The number of hydrogen-bond acceptors (Lipinski definition) is 8. The van der Waals surface area contributed by atoms with E-state index in [1.54, 1.807) is 36.5 Å². The van der Waals surface area contributed by atoms with Crippen molar-refractivity contribution in [2.75, 3.05) is 37.8 Å². The summed E-state index contributed by atoms with van der Waals surface area (Å²) >= 11 is 6.51. The van der Waals surface area contributed by atoms with Gasteiger partial charge in [0.25, 0.3) is 0 Å². The average molecular weight is 560 g/mol. The number of benzene rings is 2. The number of halogens is 1. The van der Waals surface area contributed by atoms with Crippen molar-refractivity contribution in [3.05, 3.63) is 89.4 Å². The number of likely N-dealkylation sites (N-methyl/N-ethyl adjacent to an activating group) is 1. The molecule has 0 bridgehead atoms. The maximum atomic E-state index is 12.7. The molecule has 40 heavy (non-hydrogen) atoms. The van der Waals surface area contributed by atoms with Gasteiger partial charge in [-0.3, -0.25) is 14.8 Å². The number of ether oxygens (including phenoxy) is 2. The Bertz CT molecular complexity index is 1680. The topological polar surface area (TPSA) is 112 Å². The molecule has 0 unspecified atom stereocenters. The molecule has 0 radical (unpaired) electrons. The molecule has 0 fully saturated rings. The van der Waals surface area contributed by atoms with Crippen LogP contribution in [0.3, 0.4) is 0 Å². The van der Waals surface area contributed by atoms with Crippen molar-refractivity contribution < 1.29 is 18.4 Å². The Morgan fingerprint density at radius 2 is 2.08 bits per heavy atom. The minimum Gasteiger partial charge on any atom is -0.492 e. The van der Waals surface area contributed by atoms with Crippen molar-refractivity contribution in [3.63, 3.8) is 0 Å². The van der Waals surface area contributed by atoms with E-state index in [1.165, 1.54) is 25.4 Å². The molecule has 2 heterocycles. The third kappa shape index (κ3) is 7.26. The van der Waals surface area contributed by atoms with Crippen LogP contribution in [0.15, 0.2) is 73.1 Å². The molecule has 1 amide bonds. The Labute approximate surface area is 242 Å². The predicted octanol–water partition coefficient (Wildman–Crippen LogP) is 5.93. The van der Waals surface area contributed by atoms with Crippen LogP contribution >= 0.6 is 11.6 Å². The van der Waals surface area contributed by atoms with Crippen molar-refractivity contribution >= 4 is 45.5 Å². The Morgan fingerprint density at radius 3 is 2.80 bits per heavy atom. The number of fused-ring (bicyclic) bond motifs is 1. The number of nitrogens with one attached hydrogen (secondary N) is 2. The van der Waals surface area contributed by atoms with Crippen LogP contribution in [0, 0.1) is 11.3 Å². The van der Waals surface area contributed by atoms with Crippen molar-refractivity contribution in [1.29, 1.82) is 5.26 Å². The number of anilines is 3. The maximum Gasteiger partial charge on any atom is 0.248 e. The van der Waals surface area contributed by atoms with Crippen LogP contribution in [0.4, 0.5) is 17.1 Å². The molecule has 2 aromatic heterocycles. The number of pyridine rings is 2. The molecule has 2 aromatic carbocycles. The van der Waals surface area contributed by atoms with Gasteiger partial charge in [-0.05, 0) is 57.3 Å². The lowest BCUT2D eigenvalue weighted by Crippen LogP contribution is -2.13. The molecule has 0 aliphatic carbocycles. The Kier molecular flexibility index (Phi) is 8.19. The van der Waals surface area contributed by atoms with Gasteiger partial charge in [0.1, 0.15) is 24.2 Å². The zero-order valence-corrected chi connectivity index (χ0v) is 22.7. The molecule has 0 spiro atoms. The van der Waals surface area contributed by atoms with Crippen LogP contribution in [0.2, 0.25) is 5.02 Å². The number of carbonyl (C=O) groups excluding carboxylic acids is 1. The Balaban J connectivity index is 1.61. The summed E-state index contributed by atoms with van der Waals surface area (Å²) in [7, 11) is 1.44. The summed E-state index contributed by atoms with van der Waals surface area (Å²) < 4.78 is 33.8. The Hall–Kier alpha value is -4.65. The standard InChI is InChI=1S/C30H29ClN6O3/c1-4-39-28-16-25-23(15-26(28)36-29(38)9-7-13-37(2)3)30(20(17-32)18-34-25)35-21-10-11-27(24(31)14-21)40-19-22-8-5-6-12-33-22/h5-12,14-16,18H,4,13,19H2,1-3H3,(H,34,35)(H,36,38)/b9-7+/i2D3. The van der Waals surface area contributed by atoms with E-state index in [4.69, 9.17) is 25.2 Å². The molecule has 0 saturated heterocycles. The van der Waals surface area contributed by atoms with Crippen molar-refractivity contribution in [3.8, 4) is 17.6 Å². The largest absolute Gasteiger partial charge is 0.492 e. The van der Waals surface area contributed by atoms with E-state index in [0.29, 0.717) is 51.1 Å².